The van der Waals surface area contributed by atoms with E-state index in [1.54, 1.807) is 30.3 Å². The van der Waals surface area contributed by atoms with Crippen LogP contribution in [0.3, 0.4) is 0 Å². The van der Waals surface area contributed by atoms with Gasteiger partial charge in [0.15, 0.2) is 11.6 Å². The van der Waals surface area contributed by atoms with Crippen molar-refractivity contribution in [3.8, 4) is 11.5 Å². The Morgan fingerprint density at radius 3 is 1.77 bits per heavy atom. The molecule has 4 nitrogen and oxygen atoms in total. The summed E-state index contributed by atoms with van der Waals surface area (Å²) in [7, 11) is 0. The first-order valence-electron chi connectivity index (χ1n) is 7.00. The van der Waals surface area contributed by atoms with Gasteiger partial charge in [-0.15, -0.1) is 0 Å². The van der Waals surface area contributed by atoms with Crippen molar-refractivity contribution in [2.75, 3.05) is 0 Å². The van der Waals surface area contributed by atoms with Crippen molar-refractivity contribution in [3.05, 3.63) is 59.7 Å². The molecule has 0 radical (unpaired) electrons. The summed E-state index contributed by atoms with van der Waals surface area (Å²) < 4.78 is 0. The van der Waals surface area contributed by atoms with Crippen molar-refractivity contribution in [2.45, 2.75) is 27.7 Å². The summed E-state index contributed by atoms with van der Waals surface area (Å²) >= 11 is 0. The Bertz CT molecular complexity index is 618. The topological polar surface area (TPSA) is 74.6 Å². The van der Waals surface area contributed by atoms with E-state index in [9.17, 15) is 9.59 Å². The lowest BCUT2D eigenvalue weighted by molar-refractivity contribution is 0.100. The van der Waals surface area contributed by atoms with Gasteiger partial charge >= 0.3 is 0 Å². The monoisotopic (exact) mass is 302 g/mol. The molecule has 2 rings (SSSR count). The maximum absolute atomic E-state index is 10.7. The fourth-order valence-corrected chi connectivity index (χ4v) is 1.50. The van der Waals surface area contributed by atoms with Gasteiger partial charge in [-0.05, 0) is 38.1 Å². The molecule has 0 saturated heterocycles. The summed E-state index contributed by atoms with van der Waals surface area (Å²) in [6, 6.07) is 12.8. The number of ketones is 2. The fourth-order valence-electron chi connectivity index (χ4n) is 1.50. The first kappa shape index (κ1) is 19.4. The van der Waals surface area contributed by atoms with E-state index in [1.165, 1.54) is 32.0 Å². The molecular weight excluding hydrogens is 280 g/mol. The van der Waals surface area contributed by atoms with Crippen LogP contribution in [-0.4, -0.2) is 21.8 Å². The van der Waals surface area contributed by atoms with E-state index in [0.717, 1.165) is 0 Å². The van der Waals surface area contributed by atoms with Crippen LogP contribution in [0.25, 0.3) is 0 Å². The van der Waals surface area contributed by atoms with Crippen LogP contribution in [0.15, 0.2) is 48.5 Å². The Morgan fingerprint density at radius 1 is 0.818 bits per heavy atom. The van der Waals surface area contributed by atoms with Crippen LogP contribution >= 0.6 is 0 Å². The predicted molar refractivity (Wildman–Crippen MR) is 87.6 cm³/mol. The number of Topliss-reactive ketones (excluding diaryl/α,β-unsaturated/α-hetero) is 2. The van der Waals surface area contributed by atoms with E-state index in [4.69, 9.17) is 10.2 Å². The summed E-state index contributed by atoms with van der Waals surface area (Å²) in [5, 5.41) is 18.0. The number of aromatic hydroxyl groups is 2. The average Bonchev–Trinajstić information content (AvgIpc) is 2.50. The molecule has 4 heteroatoms. The van der Waals surface area contributed by atoms with Crippen LogP contribution in [0.1, 0.15) is 48.4 Å². The zero-order chi connectivity index (χ0) is 17.1. The van der Waals surface area contributed by atoms with E-state index in [0.29, 0.717) is 11.1 Å². The number of phenolic OH excluding ortho intramolecular Hbond substituents is 2. The van der Waals surface area contributed by atoms with Crippen LogP contribution < -0.4 is 0 Å². The third-order valence-corrected chi connectivity index (χ3v) is 2.54. The highest BCUT2D eigenvalue weighted by Crippen LogP contribution is 2.15. The molecule has 0 amide bonds. The third-order valence-electron chi connectivity index (χ3n) is 2.54. The van der Waals surface area contributed by atoms with Gasteiger partial charge in [-0.25, -0.2) is 0 Å². The minimum absolute atomic E-state index is 0.0316. The van der Waals surface area contributed by atoms with E-state index >= 15 is 0 Å². The zero-order valence-corrected chi connectivity index (χ0v) is 13.3. The first-order chi connectivity index (χ1) is 10.4. The van der Waals surface area contributed by atoms with Crippen LogP contribution in [0.5, 0.6) is 11.5 Å². The Hall–Kier alpha value is -2.62. The van der Waals surface area contributed by atoms with Crippen LogP contribution in [0.2, 0.25) is 0 Å². The quantitative estimate of drug-likeness (QED) is 0.815. The zero-order valence-electron chi connectivity index (χ0n) is 13.3. The van der Waals surface area contributed by atoms with Gasteiger partial charge in [0.05, 0.1) is 5.56 Å². The third kappa shape index (κ3) is 6.70. The van der Waals surface area contributed by atoms with Gasteiger partial charge in [-0.3, -0.25) is 9.59 Å². The summed E-state index contributed by atoms with van der Waals surface area (Å²) in [5.74, 6) is 0.0386. The van der Waals surface area contributed by atoms with E-state index < -0.39 is 0 Å². The molecular formula is C18H22O4. The SMILES string of the molecule is CC.CC(=O)c1cccc(O)c1.CC(=O)c1ccccc1O. The molecule has 2 N–H and O–H groups in total. The molecule has 0 heterocycles. The smallest absolute Gasteiger partial charge is 0.163 e. The molecule has 2 aromatic carbocycles. The minimum atomic E-state index is -0.113. The maximum Gasteiger partial charge on any atom is 0.163 e. The van der Waals surface area contributed by atoms with Crippen molar-refractivity contribution < 1.29 is 19.8 Å². The Balaban J connectivity index is 0.000000360. The molecule has 0 spiro atoms. The number of phenols is 2. The van der Waals surface area contributed by atoms with Crippen molar-refractivity contribution >= 4 is 11.6 Å². The fraction of sp³-hybridized carbons (Fsp3) is 0.222. The number of carbonyl (C=O) groups is 2. The molecule has 0 aliphatic heterocycles. The predicted octanol–water partition coefficient (Wildman–Crippen LogP) is 4.22. The molecule has 0 atom stereocenters. The Labute approximate surface area is 131 Å². The van der Waals surface area contributed by atoms with Crippen LogP contribution in [0.4, 0.5) is 0 Å². The minimum Gasteiger partial charge on any atom is -0.508 e. The van der Waals surface area contributed by atoms with Gasteiger partial charge in [0.25, 0.3) is 0 Å². The first-order valence-corrected chi connectivity index (χ1v) is 7.00. The lowest BCUT2D eigenvalue weighted by Crippen LogP contribution is -1.90. The van der Waals surface area contributed by atoms with Crippen LogP contribution in [0, 0.1) is 0 Å². The molecule has 0 fully saturated rings. The number of carbonyl (C=O) groups excluding carboxylic acids is 2. The van der Waals surface area contributed by atoms with Gasteiger partial charge in [0, 0.05) is 5.56 Å². The molecule has 0 bridgehead atoms. The summed E-state index contributed by atoms with van der Waals surface area (Å²) in [5.41, 5.74) is 0.919. The van der Waals surface area contributed by atoms with Crippen molar-refractivity contribution in [1.29, 1.82) is 0 Å². The highest BCUT2D eigenvalue weighted by Gasteiger charge is 2.02. The lowest BCUT2D eigenvalue weighted by atomic mass is 10.1. The number of para-hydroxylation sites is 1. The molecule has 2 aromatic rings. The lowest BCUT2D eigenvalue weighted by Gasteiger charge is -1.96. The molecule has 118 valence electrons. The number of rotatable bonds is 2. The highest BCUT2D eigenvalue weighted by atomic mass is 16.3. The second-order valence-corrected chi connectivity index (χ2v) is 4.18. The maximum atomic E-state index is 10.7. The van der Waals surface area contributed by atoms with Gasteiger partial charge in [0.2, 0.25) is 0 Å². The molecule has 0 saturated carbocycles. The van der Waals surface area contributed by atoms with E-state index in [1.807, 2.05) is 13.8 Å². The average molecular weight is 302 g/mol. The number of benzene rings is 2. The standard InChI is InChI=1S/2C8H8O2.C2H6/c1-6(9)7-3-2-4-8(10)5-7;1-6(9)7-4-2-3-5-8(7)10;1-2/h2*2-5,10H,1H3;1-2H3. The van der Waals surface area contributed by atoms with Crippen LogP contribution in [-0.2, 0) is 0 Å². The largest absolute Gasteiger partial charge is 0.508 e. The van der Waals surface area contributed by atoms with Crippen molar-refractivity contribution in [3.63, 3.8) is 0 Å². The van der Waals surface area contributed by atoms with Crippen molar-refractivity contribution in [1.82, 2.24) is 0 Å². The Morgan fingerprint density at radius 2 is 1.41 bits per heavy atom. The molecule has 0 unspecified atom stereocenters. The van der Waals surface area contributed by atoms with Gasteiger partial charge in [-0.1, -0.05) is 38.1 Å². The summed E-state index contributed by atoms with van der Waals surface area (Å²) in [4.78, 5) is 21.4. The summed E-state index contributed by atoms with van der Waals surface area (Å²) in [6.07, 6.45) is 0. The van der Waals surface area contributed by atoms with Crippen molar-refractivity contribution in [2.24, 2.45) is 0 Å². The second-order valence-electron chi connectivity index (χ2n) is 4.18. The normalized spacial score (nSPS) is 8.73. The van der Waals surface area contributed by atoms with Gasteiger partial charge in [-0.2, -0.15) is 0 Å². The number of hydrogen-bond donors (Lipinski definition) is 2. The molecule has 0 aromatic heterocycles. The van der Waals surface area contributed by atoms with E-state index in [2.05, 4.69) is 0 Å². The highest BCUT2D eigenvalue weighted by molar-refractivity contribution is 5.96. The molecule has 0 aliphatic carbocycles. The van der Waals surface area contributed by atoms with Gasteiger partial charge < -0.3 is 10.2 Å². The summed E-state index contributed by atoms with van der Waals surface area (Å²) in [6.45, 7) is 6.89. The molecule has 0 aliphatic rings. The van der Waals surface area contributed by atoms with Gasteiger partial charge in [0.1, 0.15) is 11.5 Å². The number of hydrogen-bond acceptors (Lipinski definition) is 4. The van der Waals surface area contributed by atoms with E-state index in [-0.39, 0.29) is 23.1 Å². The second kappa shape index (κ2) is 10.2. The Kier molecular flexibility index (Phi) is 8.95. The molecule has 22 heavy (non-hydrogen) atoms.